The van der Waals surface area contributed by atoms with Crippen LogP contribution >= 0.6 is 0 Å². The van der Waals surface area contributed by atoms with Crippen molar-refractivity contribution < 1.29 is 12.8 Å². The summed E-state index contributed by atoms with van der Waals surface area (Å²) in [5.41, 5.74) is 2.76. The molecule has 0 saturated carbocycles. The average molecular weight is 334 g/mol. The summed E-state index contributed by atoms with van der Waals surface area (Å²) in [6.45, 7) is 2.67. The van der Waals surface area contributed by atoms with Crippen molar-refractivity contribution >= 4 is 10.0 Å². The van der Waals surface area contributed by atoms with E-state index in [1.165, 1.54) is 17.7 Å². The molecular weight excluding hydrogens is 315 g/mol. The normalized spacial score (nSPS) is 17.7. The van der Waals surface area contributed by atoms with E-state index in [4.69, 9.17) is 0 Å². The van der Waals surface area contributed by atoms with E-state index >= 15 is 0 Å². The molecule has 2 aromatic rings. The van der Waals surface area contributed by atoms with Gasteiger partial charge in [-0.3, -0.25) is 0 Å². The Kier molecular flexibility index (Phi) is 4.48. The van der Waals surface area contributed by atoms with Gasteiger partial charge in [-0.1, -0.05) is 24.3 Å². The molecule has 2 N–H and O–H groups in total. The third-order valence-corrected chi connectivity index (χ3v) is 5.70. The molecule has 0 aromatic heterocycles. The number of sulfonamides is 1. The topological polar surface area (TPSA) is 58.2 Å². The predicted octanol–water partition coefficient (Wildman–Crippen LogP) is 2.30. The minimum absolute atomic E-state index is 0.0597. The van der Waals surface area contributed by atoms with Crippen LogP contribution in [-0.4, -0.2) is 21.5 Å². The Morgan fingerprint density at radius 3 is 2.83 bits per heavy atom. The Labute approximate surface area is 135 Å². The van der Waals surface area contributed by atoms with Crippen LogP contribution in [0.25, 0.3) is 0 Å². The predicted molar refractivity (Wildman–Crippen MR) is 87.2 cm³/mol. The van der Waals surface area contributed by atoms with Crippen molar-refractivity contribution in [1.82, 2.24) is 10.0 Å². The second-order valence-electron chi connectivity index (χ2n) is 5.72. The minimum atomic E-state index is -3.67. The first-order valence-electron chi connectivity index (χ1n) is 7.54. The van der Waals surface area contributed by atoms with Gasteiger partial charge >= 0.3 is 0 Å². The van der Waals surface area contributed by atoms with Crippen molar-refractivity contribution in [2.75, 3.05) is 13.1 Å². The summed E-state index contributed by atoms with van der Waals surface area (Å²) in [5, 5.41) is 3.34. The molecule has 6 heteroatoms. The third kappa shape index (κ3) is 3.44. The molecule has 0 spiro atoms. The molecule has 0 fully saturated rings. The molecule has 1 aliphatic rings. The van der Waals surface area contributed by atoms with Crippen molar-refractivity contribution in [1.29, 1.82) is 0 Å². The third-order valence-electron chi connectivity index (χ3n) is 4.12. The van der Waals surface area contributed by atoms with E-state index in [1.54, 1.807) is 6.92 Å². The summed E-state index contributed by atoms with van der Waals surface area (Å²) in [6.07, 6.45) is 0.941. The lowest BCUT2D eigenvalue weighted by atomic mass is 9.95. The van der Waals surface area contributed by atoms with Gasteiger partial charge in [-0.15, -0.1) is 0 Å². The summed E-state index contributed by atoms with van der Waals surface area (Å²) >= 11 is 0. The lowest BCUT2D eigenvalue weighted by Gasteiger charge is -2.27. The summed E-state index contributed by atoms with van der Waals surface area (Å²) in [4.78, 5) is 0.114. The maximum Gasteiger partial charge on any atom is 0.240 e. The smallest absolute Gasteiger partial charge is 0.240 e. The van der Waals surface area contributed by atoms with E-state index < -0.39 is 15.8 Å². The molecule has 2 aromatic carbocycles. The van der Waals surface area contributed by atoms with Crippen LogP contribution in [0.3, 0.4) is 0 Å². The number of fused-ring (bicyclic) bond motifs is 1. The summed E-state index contributed by atoms with van der Waals surface area (Å²) in [5.74, 6) is -0.440. The van der Waals surface area contributed by atoms with Crippen LogP contribution in [0.5, 0.6) is 0 Å². The fraction of sp³-hybridized carbons (Fsp3) is 0.294. The fourth-order valence-corrected chi connectivity index (χ4v) is 4.23. The maximum atomic E-state index is 13.2. The zero-order chi connectivity index (χ0) is 16.4. The van der Waals surface area contributed by atoms with Gasteiger partial charge in [0.15, 0.2) is 0 Å². The summed E-state index contributed by atoms with van der Waals surface area (Å²) < 4.78 is 40.7. The minimum Gasteiger partial charge on any atom is -0.308 e. The van der Waals surface area contributed by atoms with Crippen molar-refractivity contribution in [2.45, 2.75) is 24.3 Å². The van der Waals surface area contributed by atoms with Crippen LogP contribution in [0.2, 0.25) is 0 Å². The molecule has 3 rings (SSSR count). The fourth-order valence-electron chi connectivity index (χ4n) is 2.96. The zero-order valence-corrected chi connectivity index (χ0v) is 13.7. The lowest BCUT2D eigenvalue weighted by molar-refractivity contribution is 0.491. The summed E-state index contributed by atoms with van der Waals surface area (Å²) in [6, 6.07) is 11.7. The highest BCUT2D eigenvalue weighted by atomic mass is 32.2. The first-order chi connectivity index (χ1) is 11.0. The second-order valence-corrected chi connectivity index (χ2v) is 7.45. The van der Waals surface area contributed by atoms with Crippen LogP contribution in [0, 0.1) is 12.7 Å². The van der Waals surface area contributed by atoms with Crippen LogP contribution in [0.15, 0.2) is 47.4 Å². The van der Waals surface area contributed by atoms with E-state index in [0.29, 0.717) is 5.56 Å². The number of nitrogens with one attached hydrogen (secondary N) is 2. The Morgan fingerprint density at radius 1 is 1.26 bits per heavy atom. The van der Waals surface area contributed by atoms with Crippen LogP contribution in [0.4, 0.5) is 4.39 Å². The van der Waals surface area contributed by atoms with Gasteiger partial charge < -0.3 is 5.32 Å². The molecule has 122 valence electrons. The van der Waals surface area contributed by atoms with Crippen molar-refractivity contribution in [3.8, 4) is 0 Å². The molecular formula is C17H19FN2O2S. The van der Waals surface area contributed by atoms with Crippen LogP contribution < -0.4 is 10.0 Å². The highest BCUT2D eigenvalue weighted by molar-refractivity contribution is 7.89. The van der Waals surface area contributed by atoms with Gasteiger partial charge in [0.05, 0.1) is 4.90 Å². The van der Waals surface area contributed by atoms with E-state index in [1.807, 2.05) is 18.2 Å². The van der Waals surface area contributed by atoms with Gasteiger partial charge in [0, 0.05) is 12.6 Å². The van der Waals surface area contributed by atoms with Gasteiger partial charge in [0.1, 0.15) is 5.82 Å². The molecule has 0 saturated heterocycles. The molecule has 1 aliphatic heterocycles. The van der Waals surface area contributed by atoms with Gasteiger partial charge in [-0.25, -0.2) is 17.5 Å². The van der Waals surface area contributed by atoms with Crippen molar-refractivity contribution in [3.05, 3.63) is 65.0 Å². The van der Waals surface area contributed by atoms with Crippen LogP contribution in [0.1, 0.15) is 22.7 Å². The van der Waals surface area contributed by atoms with Crippen LogP contribution in [-0.2, 0) is 16.4 Å². The van der Waals surface area contributed by atoms with E-state index in [2.05, 4.69) is 16.1 Å². The first kappa shape index (κ1) is 16.1. The SMILES string of the molecule is Cc1cc(F)ccc1S(=O)(=O)NCC1NCCc2ccccc21. The Balaban J connectivity index is 1.78. The molecule has 0 amide bonds. The number of hydrogen-bond acceptors (Lipinski definition) is 3. The number of rotatable bonds is 4. The van der Waals surface area contributed by atoms with Gasteiger partial charge in [-0.05, 0) is 54.8 Å². The standard InChI is InChI=1S/C17H19FN2O2S/c1-12-10-14(18)6-7-17(12)23(21,22)20-11-16-15-5-3-2-4-13(15)8-9-19-16/h2-7,10,16,19-20H,8-9,11H2,1H3. The molecule has 0 bridgehead atoms. The molecule has 4 nitrogen and oxygen atoms in total. The highest BCUT2D eigenvalue weighted by Gasteiger charge is 2.23. The summed E-state index contributed by atoms with van der Waals surface area (Å²) in [7, 11) is -3.67. The highest BCUT2D eigenvalue weighted by Crippen LogP contribution is 2.23. The number of benzene rings is 2. The number of aryl methyl sites for hydroxylation is 1. The zero-order valence-electron chi connectivity index (χ0n) is 12.8. The largest absolute Gasteiger partial charge is 0.308 e. The molecule has 1 unspecified atom stereocenters. The van der Waals surface area contributed by atoms with Gasteiger partial charge in [-0.2, -0.15) is 0 Å². The maximum absolute atomic E-state index is 13.2. The first-order valence-corrected chi connectivity index (χ1v) is 9.03. The Hall–Kier alpha value is -1.76. The quantitative estimate of drug-likeness (QED) is 0.902. The monoisotopic (exact) mass is 334 g/mol. The van der Waals surface area contributed by atoms with E-state index in [9.17, 15) is 12.8 Å². The molecule has 23 heavy (non-hydrogen) atoms. The molecule has 1 heterocycles. The van der Waals surface area contributed by atoms with Crippen molar-refractivity contribution in [3.63, 3.8) is 0 Å². The van der Waals surface area contributed by atoms with Gasteiger partial charge in [0.25, 0.3) is 0 Å². The molecule has 0 radical (unpaired) electrons. The second kappa shape index (κ2) is 6.39. The molecule has 1 atom stereocenters. The number of halogens is 1. The Morgan fingerprint density at radius 2 is 2.04 bits per heavy atom. The Bertz CT molecular complexity index is 821. The lowest BCUT2D eigenvalue weighted by Crippen LogP contribution is -2.39. The van der Waals surface area contributed by atoms with E-state index in [-0.39, 0.29) is 17.5 Å². The molecule has 0 aliphatic carbocycles. The average Bonchev–Trinajstić information content (AvgIpc) is 2.52. The van der Waals surface area contributed by atoms with E-state index in [0.717, 1.165) is 24.6 Å². The number of hydrogen-bond donors (Lipinski definition) is 2. The van der Waals surface area contributed by atoms with Crippen molar-refractivity contribution in [2.24, 2.45) is 0 Å². The van der Waals surface area contributed by atoms with Gasteiger partial charge in [0.2, 0.25) is 10.0 Å².